The zero-order valence-electron chi connectivity index (χ0n) is 8.79. The summed E-state index contributed by atoms with van der Waals surface area (Å²) in [6.07, 6.45) is -4.41. The van der Waals surface area contributed by atoms with Gasteiger partial charge in [-0.2, -0.15) is 18.3 Å². The first-order valence-electron chi connectivity index (χ1n) is 4.79. The van der Waals surface area contributed by atoms with E-state index in [1.54, 1.807) is 59.8 Å². The van der Waals surface area contributed by atoms with Gasteiger partial charge in [0, 0.05) is 0 Å². The highest BCUT2D eigenvalue weighted by Crippen LogP contribution is 2.35. The van der Waals surface area contributed by atoms with Crippen molar-refractivity contribution in [3.05, 3.63) is 45.3 Å². The lowest BCUT2D eigenvalue weighted by Crippen LogP contribution is -2.14. The Morgan fingerprint density at radius 1 is 1.18 bits per heavy atom. The quantitative estimate of drug-likeness (QED) is 0.714. The minimum absolute atomic E-state index is 0.138. The molecule has 0 N–H and O–H groups in total. The molecule has 17 heavy (non-hydrogen) atoms. The molecule has 1 aromatic carbocycles. The minimum atomic E-state index is -4.41. The van der Waals surface area contributed by atoms with Crippen LogP contribution in [-0.2, 0) is 6.18 Å². The molecule has 2 nitrogen and oxygen atoms in total. The fourth-order valence-corrected chi connectivity index (χ4v) is 2.15. The van der Waals surface area contributed by atoms with E-state index in [1.807, 2.05) is 0 Å². The lowest BCUT2D eigenvalue weighted by atomic mass is 10.3. The maximum Gasteiger partial charge on any atom is 0.434 e. The molecule has 0 saturated carbocycles. The predicted octanol–water partition coefficient (Wildman–Crippen LogP) is 3.80. The van der Waals surface area contributed by atoms with Gasteiger partial charge in [-0.25, -0.2) is 4.68 Å². The molecule has 90 valence electrons. The molecule has 2 rings (SSSR count). The van der Waals surface area contributed by atoms with Gasteiger partial charge in [0.25, 0.3) is 0 Å². The van der Waals surface area contributed by atoms with Crippen LogP contribution >= 0.6 is 22.6 Å². The number of hydrogen-bond acceptors (Lipinski definition) is 1. The number of para-hydroxylation sites is 1. The minimum Gasteiger partial charge on any atom is -0.227 e. The van der Waals surface area contributed by atoms with Crippen LogP contribution in [0, 0.1) is 10.5 Å². The van der Waals surface area contributed by atoms with E-state index < -0.39 is 11.9 Å². The topological polar surface area (TPSA) is 17.8 Å². The summed E-state index contributed by atoms with van der Waals surface area (Å²) >= 11 is 1.67. The lowest BCUT2D eigenvalue weighted by molar-refractivity contribution is -0.143. The van der Waals surface area contributed by atoms with Crippen molar-refractivity contribution in [2.24, 2.45) is 0 Å². The Morgan fingerprint density at radius 2 is 1.76 bits per heavy atom. The third-order valence-corrected chi connectivity index (χ3v) is 3.55. The first-order chi connectivity index (χ1) is 7.91. The monoisotopic (exact) mass is 352 g/mol. The molecular weight excluding hydrogens is 344 g/mol. The lowest BCUT2D eigenvalue weighted by Gasteiger charge is -2.10. The Hall–Kier alpha value is -1.05. The maximum absolute atomic E-state index is 12.9. The first kappa shape index (κ1) is 12.4. The molecule has 0 aliphatic carbocycles. The Bertz CT molecular complexity index is 532. The van der Waals surface area contributed by atoms with Gasteiger partial charge >= 0.3 is 6.18 Å². The third kappa shape index (κ3) is 2.31. The molecule has 0 amide bonds. The van der Waals surface area contributed by atoms with Crippen molar-refractivity contribution < 1.29 is 13.2 Å². The summed E-state index contributed by atoms with van der Waals surface area (Å²) < 4.78 is 39.9. The molecule has 0 saturated heterocycles. The summed E-state index contributed by atoms with van der Waals surface area (Å²) in [4.78, 5) is 0. The van der Waals surface area contributed by atoms with E-state index in [0.29, 0.717) is 11.4 Å². The van der Waals surface area contributed by atoms with Crippen LogP contribution < -0.4 is 0 Å². The molecule has 0 radical (unpaired) electrons. The number of aryl methyl sites for hydroxylation is 1. The van der Waals surface area contributed by atoms with E-state index in [-0.39, 0.29) is 3.57 Å². The number of aromatic nitrogens is 2. The van der Waals surface area contributed by atoms with Gasteiger partial charge in [-0.3, -0.25) is 0 Å². The van der Waals surface area contributed by atoms with Gasteiger partial charge < -0.3 is 0 Å². The highest BCUT2D eigenvalue weighted by molar-refractivity contribution is 14.1. The van der Waals surface area contributed by atoms with Gasteiger partial charge in [0.2, 0.25) is 0 Å². The first-order valence-corrected chi connectivity index (χ1v) is 5.87. The van der Waals surface area contributed by atoms with E-state index >= 15 is 0 Å². The maximum atomic E-state index is 12.9. The van der Waals surface area contributed by atoms with E-state index in [9.17, 15) is 13.2 Å². The summed E-state index contributed by atoms with van der Waals surface area (Å²) in [7, 11) is 0. The van der Waals surface area contributed by atoms with Crippen LogP contribution in [0.5, 0.6) is 0 Å². The van der Waals surface area contributed by atoms with Crippen molar-refractivity contribution in [3.63, 3.8) is 0 Å². The third-order valence-electron chi connectivity index (χ3n) is 2.26. The number of hydrogen-bond donors (Lipinski definition) is 0. The Labute approximate surface area is 110 Å². The van der Waals surface area contributed by atoms with Gasteiger partial charge in [-0.1, -0.05) is 18.2 Å². The van der Waals surface area contributed by atoms with E-state index in [4.69, 9.17) is 0 Å². The number of rotatable bonds is 1. The smallest absolute Gasteiger partial charge is 0.227 e. The molecule has 0 unspecified atom stereocenters. The Kier molecular flexibility index (Phi) is 3.15. The Morgan fingerprint density at radius 3 is 2.29 bits per heavy atom. The van der Waals surface area contributed by atoms with Crippen molar-refractivity contribution >= 4 is 22.6 Å². The zero-order valence-corrected chi connectivity index (χ0v) is 11.0. The zero-order chi connectivity index (χ0) is 12.6. The van der Waals surface area contributed by atoms with Crippen LogP contribution in [0.25, 0.3) is 5.69 Å². The highest BCUT2D eigenvalue weighted by atomic mass is 127. The summed E-state index contributed by atoms with van der Waals surface area (Å²) in [5.41, 5.74) is 0.0643. The van der Waals surface area contributed by atoms with Crippen molar-refractivity contribution in [3.8, 4) is 5.69 Å². The SMILES string of the molecule is Cc1nn(-c2ccccc2)c(C(F)(F)F)c1I. The van der Waals surface area contributed by atoms with E-state index in [0.717, 1.165) is 4.68 Å². The molecule has 1 aromatic heterocycles. The fourth-order valence-electron chi connectivity index (χ4n) is 1.51. The number of alkyl halides is 3. The molecule has 0 atom stereocenters. The summed E-state index contributed by atoms with van der Waals surface area (Å²) in [6, 6.07) is 8.30. The Balaban J connectivity index is 2.67. The number of halogens is 4. The molecule has 1 heterocycles. The van der Waals surface area contributed by atoms with Gasteiger partial charge in [0.1, 0.15) is 0 Å². The van der Waals surface area contributed by atoms with Crippen molar-refractivity contribution in [1.29, 1.82) is 0 Å². The second-order valence-corrected chi connectivity index (χ2v) is 4.57. The van der Waals surface area contributed by atoms with Gasteiger partial charge in [-0.15, -0.1) is 0 Å². The second kappa shape index (κ2) is 4.32. The molecule has 6 heteroatoms. The average Bonchev–Trinajstić information content (AvgIpc) is 2.56. The molecule has 0 aliphatic rings. The fraction of sp³-hybridized carbons (Fsp3) is 0.182. The molecule has 0 fully saturated rings. The van der Waals surface area contributed by atoms with Crippen LogP contribution in [0.2, 0.25) is 0 Å². The molecular formula is C11H8F3IN2. The summed E-state index contributed by atoms with van der Waals surface area (Å²) in [5, 5.41) is 3.94. The molecule has 0 aliphatic heterocycles. The molecule has 0 bridgehead atoms. The van der Waals surface area contributed by atoms with Crippen LogP contribution in [-0.4, -0.2) is 9.78 Å². The summed E-state index contributed by atoms with van der Waals surface area (Å²) in [5.74, 6) is 0. The largest absolute Gasteiger partial charge is 0.434 e. The van der Waals surface area contributed by atoms with E-state index in [1.165, 1.54) is 0 Å². The number of benzene rings is 1. The van der Waals surface area contributed by atoms with Crippen molar-refractivity contribution in [2.45, 2.75) is 13.1 Å². The summed E-state index contributed by atoms with van der Waals surface area (Å²) in [6.45, 7) is 1.57. The highest BCUT2D eigenvalue weighted by Gasteiger charge is 2.39. The van der Waals surface area contributed by atoms with Crippen molar-refractivity contribution in [2.75, 3.05) is 0 Å². The van der Waals surface area contributed by atoms with Crippen LogP contribution in [0.15, 0.2) is 30.3 Å². The van der Waals surface area contributed by atoms with Crippen LogP contribution in [0.4, 0.5) is 13.2 Å². The predicted molar refractivity (Wildman–Crippen MR) is 66.0 cm³/mol. The van der Waals surface area contributed by atoms with Crippen LogP contribution in [0.3, 0.4) is 0 Å². The average molecular weight is 352 g/mol. The van der Waals surface area contributed by atoms with Crippen LogP contribution in [0.1, 0.15) is 11.4 Å². The number of nitrogens with zero attached hydrogens (tertiary/aromatic N) is 2. The van der Waals surface area contributed by atoms with E-state index in [2.05, 4.69) is 5.10 Å². The van der Waals surface area contributed by atoms with Gasteiger partial charge in [0.05, 0.1) is 15.0 Å². The van der Waals surface area contributed by atoms with Gasteiger partial charge in [0.15, 0.2) is 5.69 Å². The normalized spacial score (nSPS) is 11.8. The van der Waals surface area contributed by atoms with Gasteiger partial charge in [-0.05, 0) is 41.6 Å². The standard InChI is InChI=1S/C11H8F3IN2/c1-7-9(15)10(11(12,13)14)17(16-7)8-5-3-2-4-6-8/h2-6H,1H3. The molecule has 0 spiro atoms. The second-order valence-electron chi connectivity index (χ2n) is 3.49. The molecule has 2 aromatic rings. The van der Waals surface area contributed by atoms with Crippen molar-refractivity contribution in [1.82, 2.24) is 9.78 Å².